The number of hydrogen-bond donors (Lipinski definition) is 1. The monoisotopic (exact) mass is 313 g/mol. The fourth-order valence-electron chi connectivity index (χ4n) is 3.88. The Morgan fingerprint density at radius 1 is 1.17 bits per heavy atom. The summed E-state index contributed by atoms with van der Waals surface area (Å²) in [7, 11) is 0. The lowest BCUT2D eigenvalue weighted by Gasteiger charge is -2.46. The Kier molecular flexibility index (Phi) is 3.50. The molecule has 2 saturated heterocycles. The van der Waals surface area contributed by atoms with Gasteiger partial charge in [-0.1, -0.05) is 12.1 Å². The minimum atomic E-state index is -0.500. The van der Waals surface area contributed by atoms with E-state index in [-0.39, 0.29) is 23.6 Å². The molecule has 3 unspecified atom stereocenters. The van der Waals surface area contributed by atoms with Gasteiger partial charge in [0.2, 0.25) is 0 Å². The molecule has 2 aromatic rings. The summed E-state index contributed by atoms with van der Waals surface area (Å²) >= 11 is 0. The Morgan fingerprint density at radius 3 is 2.87 bits per heavy atom. The van der Waals surface area contributed by atoms with Gasteiger partial charge in [0.25, 0.3) is 5.56 Å². The molecule has 1 aromatic carbocycles. The van der Waals surface area contributed by atoms with Crippen LogP contribution in [0.4, 0.5) is 0 Å². The van der Waals surface area contributed by atoms with Crippen LogP contribution in [0, 0.1) is 0 Å². The minimum absolute atomic E-state index is 0.0947. The van der Waals surface area contributed by atoms with Gasteiger partial charge in [-0.05, 0) is 25.0 Å². The van der Waals surface area contributed by atoms with Crippen LogP contribution in [0.2, 0.25) is 0 Å². The van der Waals surface area contributed by atoms with E-state index in [4.69, 9.17) is 0 Å². The van der Waals surface area contributed by atoms with Gasteiger partial charge in [-0.3, -0.25) is 19.1 Å². The second-order valence-electron chi connectivity index (χ2n) is 6.42. The summed E-state index contributed by atoms with van der Waals surface area (Å²) in [5.41, 5.74) is 0.528. The standard InChI is InChI=1S/C17H19N3O3/c21-11-8-14-15(22)6-3-7-19(14)16(9-11)20-10-18-13-5-2-1-4-12(13)17(20)23/h1-2,4-5,10,14-16,22H,3,6-9H2. The van der Waals surface area contributed by atoms with Crippen molar-refractivity contribution < 1.29 is 9.90 Å². The maximum Gasteiger partial charge on any atom is 0.262 e. The van der Waals surface area contributed by atoms with Gasteiger partial charge in [-0.15, -0.1) is 0 Å². The number of carbonyl (C=O) groups is 1. The number of ketones is 1. The number of aliphatic hydroxyl groups excluding tert-OH is 1. The van der Waals surface area contributed by atoms with Gasteiger partial charge < -0.3 is 5.11 Å². The SMILES string of the molecule is O=C1CC2C(O)CCCN2C(n2cnc3ccccc3c2=O)C1. The highest BCUT2D eigenvalue weighted by molar-refractivity contribution is 5.80. The molecule has 0 spiro atoms. The zero-order valence-electron chi connectivity index (χ0n) is 12.8. The van der Waals surface area contributed by atoms with Crippen molar-refractivity contribution in [3.8, 4) is 0 Å². The first-order chi connectivity index (χ1) is 11.1. The molecule has 23 heavy (non-hydrogen) atoms. The van der Waals surface area contributed by atoms with Crippen LogP contribution in [0.25, 0.3) is 10.9 Å². The molecular formula is C17H19N3O3. The highest BCUT2D eigenvalue weighted by atomic mass is 16.3. The van der Waals surface area contributed by atoms with Crippen molar-refractivity contribution in [1.29, 1.82) is 0 Å². The van der Waals surface area contributed by atoms with Crippen molar-refractivity contribution in [2.45, 2.75) is 44.0 Å². The summed E-state index contributed by atoms with van der Waals surface area (Å²) in [5.74, 6) is 0.0947. The summed E-state index contributed by atoms with van der Waals surface area (Å²) in [6.07, 6.45) is 2.94. The molecule has 0 bridgehead atoms. The molecule has 0 amide bonds. The van der Waals surface area contributed by atoms with Gasteiger partial charge in [-0.25, -0.2) is 4.98 Å². The molecular weight excluding hydrogens is 294 g/mol. The van der Waals surface area contributed by atoms with E-state index >= 15 is 0 Å². The molecule has 6 heteroatoms. The lowest BCUT2D eigenvalue weighted by atomic mass is 9.88. The fourth-order valence-corrected chi connectivity index (χ4v) is 3.88. The fraction of sp³-hybridized carbons (Fsp3) is 0.471. The van der Waals surface area contributed by atoms with Crippen molar-refractivity contribution in [2.75, 3.05) is 6.54 Å². The smallest absolute Gasteiger partial charge is 0.262 e. The summed E-state index contributed by atoms with van der Waals surface area (Å²) in [5, 5.41) is 10.8. The predicted molar refractivity (Wildman–Crippen MR) is 85.0 cm³/mol. The van der Waals surface area contributed by atoms with Crippen LogP contribution < -0.4 is 5.56 Å². The van der Waals surface area contributed by atoms with Crippen molar-refractivity contribution >= 4 is 16.7 Å². The highest BCUT2D eigenvalue weighted by Crippen LogP contribution is 2.33. The molecule has 6 nitrogen and oxygen atoms in total. The first kappa shape index (κ1) is 14.5. The summed E-state index contributed by atoms with van der Waals surface area (Å²) < 4.78 is 1.56. The lowest BCUT2D eigenvalue weighted by molar-refractivity contribution is -0.134. The molecule has 0 radical (unpaired) electrons. The van der Waals surface area contributed by atoms with Gasteiger partial charge in [0, 0.05) is 25.4 Å². The molecule has 1 aromatic heterocycles. The normalized spacial score (nSPS) is 28.7. The highest BCUT2D eigenvalue weighted by Gasteiger charge is 2.41. The van der Waals surface area contributed by atoms with Gasteiger partial charge in [0.05, 0.1) is 29.5 Å². The second-order valence-corrected chi connectivity index (χ2v) is 6.42. The van der Waals surface area contributed by atoms with E-state index in [1.807, 2.05) is 12.1 Å². The maximum atomic E-state index is 12.8. The second kappa shape index (κ2) is 5.54. The van der Waals surface area contributed by atoms with Crippen LogP contribution in [-0.2, 0) is 4.79 Å². The van der Waals surface area contributed by atoms with Crippen LogP contribution in [0.15, 0.2) is 35.4 Å². The number of piperidine rings is 2. The first-order valence-corrected chi connectivity index (χ1v) is 8.06. The molecule has 2 aliphatic heterocycles. The van der Waals surface area contributed by atoms with Crippen LogP contribution in [0.5, 0.6) is 0 Å². The van der Waals surface area contributed by atoms with E-state index in [0.29, 0.717) is 30.2 Å². The molecule has 3 heterocycles. The Bertz CT molecular complexity index is 816. The van der Waals surface area contributed by atoms with E-state index in [2.05, 4.69) is 9.88 Å². The van der Waals surface area contributed by atoms with E-state index < -0.39 is 6.10 Å². The first-order valence-electron chi connectivity index (χ1n) is 8.06. The minimum Gasteiger partial charge on any atom is -0.391 e. The number of fused-ring (bicyclic) bond motifs is 2. The summed E-state index contributed by atoms with van der Waals surface area (Å²) in [4.78, 5) is 31.4. The maximum absolute atomic E-state index is 12.8. The number of benzene rings is 1. The largest absolute Gasteiger partial charge is 0.391 e. The van der Waals surface area contributed by atoms with Crippen LogP contribution in [0.1, 0.15) is 31.8 Å². The lowest BCUT2D eigenvalue weighted by Crippen LogP contribution is -2.56. The van der Waals surface area contributed by atoms with Gasteiger partial charge >= 0.3 is 0 Å². The third kappa shape index (κ3) is 2.38. The Morgan fingerprint density at radius 2 is 2.00 bits per heavy atom. The number of carbonyl (C=O) groups excluding carboxylic acids is 1. The molecule has 0 saturated carbocycles. The van der Waals surface area contributed by atoms with Crippen molar-refractivity contribution in [2.24, 2.45) is 0 Å². The van der Waals surface area contributed by atoms with Gasteiger partial charge in [-0.2, -0.15) is 0 Å². The number of Topliss-reactive ketones (excluding diaryl/α,β-unsaturated/α-hetero) is 1. The Hall–Kier alpha value is -2.05. The van der Waals surface area contributed by atoms with E-state index in [9.17, 15) is 14.7 Å². The van der Waals surface area contributed by atoms with E-state index in [0.717, 1.165) is 13.0 Å². The van der Waals surface area contributed by atoms with Gasteiger partial charge in [0.1, 0.15) is 5.78 Å². The quantitative estimate of drug-likeness (QED) is 0.853. The van der Waals surface area contributed by atoms with Crippen LogP contribution in [-0.4, -0.2) is 44.0 Å². The molecule has 0 aliphatic carbocycles. The number of para-hydroxylation sites is 1. The van der Waals surface area contributed by atoms with E-state index in [1.54, 1.807) is 16.7 Å². The molecule has 4 rings (SSSR count). The zero-order chi connectivity index (χ0) is 16.0. The van der Waals surface area contributed by atoms with Crippen LogP contribution >= 0.6 is 0 Å². The van der Waals surface area contributed by atoms with Crippen LogP contribution in [0.3, 0.4) is 0 Å². The third-order valence-electron chi connectivity index (χ3n) is 5.03. The molecule has 2 aliphatic rings. The molecule has 120 valence electrons. The van der Waals surface area contributed by atoms with Crippen molar-refractivity contribution in [3.05, 3.63) is 40.9 Å². The number of aromatic nitrogens is 2. The topological polar surface area (TPSA) is 75.4 Å². The number of rotatable bonds is 1. The summed E-state index contributed by atoms with van der Waals surface area (Å²) in [6.45, 7) is 0.791. The molecule has 3 atom stereocenters. The molecule has 2 fully saturated rings. The average Bonchev–Trinajstić information content (AvgIpc) is 2.56. The van der Waals surface area contributed by atoms with Crippen molar-refractivity contribution in [3.63, 3.8) is 0 Å². The summed E-state index contributed by atoms with van der Waals surface area (Å²) in [6, 6.07) is 7.04. The number of hydrogen-bond acceptors (Lipinski definition) is 5. The van der Waals surface area contributed by atoms with E-state index in [1.165, 1.54) is 6.33 Å². The number of nitrogens with zero attached hydrogens (tertiary/aromatic N) is 3. The number of aliphatic hydroxyl groups is 1. The Balaban J connectivity index is 1.80. The predicted octanol–water partition coefficient (Wildman–Crippen LogP) is 1.08. The van der Waals surface area contributed by atoms with Gasteiger partial charge in [0.15, 0.2) is 0 Å². The molecule has 1 N–H and O–H groups in total. The zero-order valence-corrected chi connectivity index (χ0v) is 12.8. The Labute approximate surface area is 133 Å². The third-order valence-corrected chi connectivity index (χ3v) is 5.03. The van der Waals surface area contributed by atoms with Crippen molar-refractivity contribution in [1.82, 2.24) is 14.5 Å². The average molecular weight is 313 g/mol.